The lowest BCUT2D eigenvalue weighted by Gasteiger charge is -2.27. The first-order chi connectivity index (χ1) is 6.20. The Bertz CT molecular complexity index is 165. The van der Waals surface area contributed by atoms with Crippen molar-refractivity contribution in [3.05, 3.63) is 0 Å². The van der Waals surface area contributed by atoms with Crippen molar-refractivity contribution in [2.24, 2.45) is 5.73 Å². The first-order valence-electron chi connectivity index (χ1n) is 4.81. The quantitative estimate of drug-likeness (QED) is 0.673. The van der Waals surface area contributed by atoms with Gasteiger partial charge in [0.25, 0.3) is 0 Å². The van der Waals surface area contributed by atoms with E-state index in [-0.39, 0.29) is 11.9 Å². The molecule has 13 heavy (non-hydrogen) atoms. The minimum Gasteiger partial charge on any atom is -0.378 e. The van der Waals surface area contributed by atoms with Crippen LogP contribution in [0.15, 0.2) is 0 Å². The highest BCUT2D eigenvalue weighted by Gasteiger charge is 2.16. The third kappa shape index (κ3) is 3.74. The lowest BCUT2D eigenvalue weighted by atomic mass is 10.2. The van der Waals surface area contributed by atoms with E-state index in [4.69, 9.17) is 10.5 Å². The molecule has 0 aromatic heterocycles. The van der Waals surface area contributed by atoms with E-state index in [0.717, 1.165) is 19.5 Å². The molecular formula is C9H18N2O2. The molecule has 1 heterocycles. The molecule has 4 heteroatoms. The fraction of sp³-hybridized carbons (Fsp3) is 0.889. The molecule has 1 fully saturated rings. The van der Waals surface area contributed by atoms with Crippen molar-refractivity contribution in [1.29, 1.82) is 0 Å². The molecule has 1 aliphatic rings. The predicted molar refractivity (Wildman–Crippen MR) is 50.3 cm³/mol. The van der Waals surface area contributed by atoms with Gasteiger partial charge >= 0.3 is 0 Å². The van der Waals surface area contributed by atoms with Crippen molar-refractivity contribution in [3.63, 3.8) is 0 Å². The molecule has 0 aromatic carbocycles. The molecule has 1 saturated heterocycles. The number of rotatable bonds is 3. The summed E-state index contributed by atoms with van der Waals surface area (Å²) in [6, 6.07) is 0.116. The summed E-state index contributed by atoms with van der Waals surface area (Å²) >= 11 is 0. The second kappa shape index (κ2) is 5.19. The Morgan fingerprint density at radius 1 is 1.54 bits per heavy atom. The summed E-state index contributed by atoms with van der Waals surface area (Å²) in [5.41, 5.74) is 5.57. The highest BCUT2D eigenvalue weighted by molar-refractivity contribution is 5.76. The zero-order chi connectivity index (χ0) is 9.68. The molecule has 1 rings (SSSR count). The number of hydrogen-bond donors (Lipinski definition) is 1. The largest absolute Gasteiger partial charge is 0.378 e. The normalized spacial score (nSPS) is 20.0. The zero-order valence-electron chi connectivity index (χ0n) is 8.16. The van der Waals surface area contributed by atoms with E-state index in [1.165, 1.54) is 0 Å². The van der Waals surface area contributed by atoms with Crippen molar-refractivity contribution in [2.45, 2.75) is 25.8 Å². The van der Waals surface area contributed by atoms with Crippen LogP contribution in [0.25, 0.3) is 0 Å². The van der Waals surface area contributed by atoms with Gasteiger partial charge in [0.15, 0.2) is 0 Å². The molecule has 0 spiro atoms. The molecule has 4 nitrogen and oxygen atoms in total. The Labute approximate surface area is 79.0 Å². The average molecular weight is 186 g/mol. The number of amides is 1. The third-order valence-electron chi connectivity index (χ3n) is 2.18. The summed E-state index contributed by atoms with van der Waals surface area (Å²) in [7, 11) is 0. The lowest BCUT2D eigenvalue weighted by Crippen LogP contribution is -2.41. The van der Waals surface area contributed by atoms with Crippen molar-refractivity contribution >= 4 is 5.91 Å². The van der Waals surface area contributed by atoms with Crippen molar-refractivity contribution in [2.75, 3.05) is 26.3 Å². The molecule has 0 aliphatic carbocycles. The van der Waals surface area contributed by atoms with E-state index >= 15 is 0 Å². The zero-order valence-corrected chi connectivity index (χ0v) is 8.16. The van der Waals surface area contributed by atoms with Gasteiger partial charge in [0.2, 0.25) is 5.91 Å². The first-order valence-corrected chi connectivity index (χ1v) is 4.81. The first kappa shape index (κ1) is 10.5. The Kier molecular flexibility index (Phi) is 4.18. The topological polar surface area (TPSA) is 55.6 Å². The summed E-state index contributed by atoms with van der Waals surface area (Å²) in [6.07, 6.45) is 1.34. The van der Waals surface area contributed by atoms with Gasteiger partial charge in [-0.15, -0.1) is 0 Å². The maximum atomic E-state index is 11.5. The van der Waals surface area contributed by atoms with Gasteiger partial charge in [0.05, 0.1) is 13.2 Å². The van der Waals surface area contributed by atoms with Crippen LogP contribution >= 0.6 is 0 Å². The standard InChI is InChI=1S/C9H18N2O2/c1-8(10)2-3-9(12)11-4-6-13-7-5-11/h8H,2-7,10H2,1H3/t8-/m0/s1. The number of hydrogen-bond acceptors (Lipinski definition) is 3. The van der Waals surface area contributed by atoms with E-state index in [0.29, 0.717) is 19.6 Å². The minimum atomic E-state index is 0.116. The Morgan fingerprint density at radius 2 is 2.15 bits per heavy atom. The average Bonchev–Trinajstić information content (AvgIpc) is 2.15. The molecule has 0 unspecified atom stereocenters. The van der Waals surface area contributed by atoms with E-state index in [1.54, 1.807) is 0 Å². The summed E-state index contributed by atoms with van der Waals surface area (Å²) in [6.45, 7) is 4.73. The van der Waals surface area contributed by atoms with Gasteiger partial charge in [0.1, 0.15) is 0 Å². The molecule has 1 atom stereocenters. The molecule has 76 valence electrons. The van der Waals surface area contributed by atoms with E-state index < -0.39 is 0 Å². The van der Waals surface area contributed by atoms with Gasteiger partial charge in [-0.05, 0) is 13.3 Å². The fourth-order valence-corrected chi connectivity index (χ4v) is 1.32. The Balaban J connectivity index is 2.21. The Morgan fingerprint density at radius 3 is 2.69 bits per heavy atom. The van der Waals surface area contributed by atoms with Gasteiger partial charge in [-0.3, -0.25) is 4.79 Å². The summed E-state index contributed by atoms with van der Waals surface area (Å²) in [4.78, 5) is 13.4. The van der Waals surface area contributed by atoms with Gasteiger partial charge < -0.3 is 15.4 Å². The maximum absolute atomic E-state index is 11.5. The number of nitrogens with two attached hydrogens (primary N) is 1. The molecule has 1 amide bonds. The van der Waals surface area contributed by atoms with Crippen molar-refractivity contribution in [1.82, 2.24) is 4.90 Å². The van der Waals surface area contributed by atoms with E-state index in [1.807, 2.05) is 11.8 Å². The fourth-order valence-electron chi connectivity index (χ4n) is 1.32. The van der Waals surface area contributed by atoms with Gasteiger partial charge in [-0.1, -0.05) is 0 Å². The smallest absolute Gasteiger partial charge is 0.222 e. The molecule has 0 radical (unpaired) electrons. The molecule has 0 aromatic rings. The Hall–Kier alpha value is -0.610. The van der Waals surface area contributed by atoms with Crippen molar-refractivity contribution < 1.29 is 9.53 Å². The number of morpholine rings is 1. The number of ether oxygens (including phenoxy) is 1. The van der Waals surface area contributed by atoms with Crippen LogP contribution in [0, 0.1) is 0 Å². The van der Waals surface area contributed by atoms with Crippen LogP contribution in [-0.2, 0) is 9.53 Å². The van der Waals surface area contributed by atoms with Crippen LogP contribution in [0.2, 0.25) is 0 Å². The van der Waals surface area contributed by atoms with Gasteiger partial charge in [-0.2, -0.15) is 0 Å². The van der Waals surface area contributed by atoms with Crippen LogP contribution in [0.5, 0.6) is 0 Å². The van der Waals surface area contributed by atoms with Crippen LogP contribution < -0.4 is 5.73 Å². The molecule has 0 saturated carbocycles. The maximum Gasteiger partial charge on any atom is 0.222 e. The highest BCUT2D eigenvalue weighted by Crippen LogP contribution is 2.03. The van der Waals surface area contributed by atoms with Crippen LogP contribution in [-0.4, -0.2) is 43.2 Å². The summed E-state index contributed by atoms with van der Waals surface area (Å²) in [5, 5.41) is 0. The van der Waals surface area contributed by atoms with E-state index in [2.05, 4.69) is 0 Å². The second-order valence-electron chi connectivity index (χ2n) is 3.51. The summed E-state index contributed by atoms with van der Waals surface area (Å²) < 4.78 is 5.16. The van der Waals surface area contributed by atoms with Crippen molar-refractivity contribution in [3.8, 4) is 0 Å². The molecule has 0 bridgehead atoms. The minimum absolute atomic E-state index is 0.116. The third-order valence-corrected chi connectivity index (χ3v) is 2.18. The lowest BCUT2D eigenvalue weighted by molar-refractivity contribution is -0.135. The number of nitrogens with zero attached hydrogens (tertiary/aromatic N) is 1. The van der Waals surface area contributed by atoms with Gasteiger partial charge in [0, 0.05) is 25.6 Å². The predicted octanol–water partition coefficient (Wildman–Crippen LogP) is -0.0274. The SMILES string of the molecule is C[C@H](N)CCC(=O)N1CCOCC1. The van der Waals surface area contributed by atoms with Gasteiger partial charge in [-0.25, -0.2) is 0 Å². The second-order valence-corrected chi connectivity index (χ2v) is 3.51. The number of carbonyl (C=O) groups excluding carboxylic acids is 1. The molecular weight excluding hydrogens is 168 g/mol. The molecule has 1 aliphatic heterocycles. The monoisotopic (exact) mass is 186 g/mol. The van der Waals surface area contributed by atoms with Crippen LogP contribution in [0.4, 0.5) is 0 Å². The van der Waals surface area contributed by atoms with E-state index in [9.17, 15) is 4.79 Å². The molecule has 2 N–H and O–H groups in total. The number of carbonyl (C=O) groups is 1. The highest BCUT2D eigenvalue weighted by atomic mass is 16.5. The summed E-state index contributed by atoms with van der Waals surface area (Å²) in [5.74, 6) is 0.209. The van der Waals surface area contributed by atoms with Crippen LogP contribution in [0.1, 0.15) is 19.8 Å². The van der Waals surface area contributed by atoms with Crippen LogP contribution in [0.3, 0.4) is 0 Å².